The van der Waals surface area contributed by atoms with Crippen LogP contribution in [0.1, 0.15) is 24.2 Å². The van der Waals surface area contributed by atoms with Crippen molar-refractivity contribution in [3.05, 3.63) is 54.1 Å². The van der Waals surface area contributed by atoms with E-state index in [2.05, 4.69) is 10.3 Å². The quantitative estimate of drug-likeness (QED) is 0.368. The van der Waals surface area contributed by atoms with Crippen molar-refractivity contribution in [3.8, 4) is 0 Å². The lowest BCUT2D eigenvalue weighted by atomic mass is 10.1. The van der Waals surface area contributed by atoms with E-state index in [1.807, 2.05) is 18.2 Å². The van der Waals surface area contributed by atoms with Crippen LogP contribution in [0.5, 0.6) is 0 Å². The molecule has 0 bridgehead atoms. The van der Waals surface area contributed by atoms with E-state index >= 15 is 0 Å². The molecule has 2 aromatic carbocycles. The fraction of sp³-hybridized carbons (Fsp3) is 0.200. The summed E-state index contributed by atoms with van der Waals surface area (Å²) in [5, 5.41) is 2.97. The van der Waals surface area contributed by atoms with Crippen LogP contribution in [0.2, 0.25) is 0 Å². The number of carbonyl (C=O) groups is 3. The topological polar surface area (TPSA) is 98.5 Å². The number of nitrogens with one attached hydrogen (secondary N) is 1. The molecule has 0 fully saturated rings. The number of anilines is 1. The van der Waals surface area contributed by atoms with E-state index < -0.39 is 18.0 Å². The minimum atomic E-state index is -1.02. The predicted octanol–water partition coefficient (Wildman–Crippen LogP) is 3.69. The number of para-hydroxylation sites is 3. The highest BCUT2D eigenvalue weighted by atomic mass is 32.2. The van der Waals surface area contributed by atoms with Gasteiger partial charge in [0.15, 0.2) is 17.5 Å². The number of aromatic nitrogens is 1. The fourth-order valence-corrected chi connectivity index (χ4v) is 3.07. The van der Waals surface area contributed by atoms with Crippen LogP contribution in [0.3, 0.4) is 0 Å². The molecule has 1 amide bonds. The molecule has 28 heavy (non-hydrogen) atoms. The predicted molar refractivity (Wildman–Crippen MR) is 105 cm³/mol. The largest absolute Gasteiger partial charge is 0.452 e. The Labute approximate surface area is 165 Å². The average Bonchev–Trinajstić information content (AvgIpc) is 3.09. The summed E-state index contributed by atoms with van der Waals surface area (Å²) in [6, 6.07) is 13.9. The highest BCUT2D eigenvalue weighted by Gasteiger charge is 2.20. The summed E-state index contributed by atoms with van der Waals surface area (Å²) < 4.78 is 10.7. The van der Waals surface area contributed by atoms with Gasteiger partial charge in [0.05, 0.1) is 5.69 Å². The van der Waals surface area contributed by atoms with Crippen molar-refractivity contribution in [1.82, 2.24) is 4.98 Å². The Morgan fingerprint density at radius 3 is 2.61 bits per heavy atom. The van der Waals surface area contributed by atoms with Crippen LogP contribution in [0.15, 0.2) is 58.2 Å². The Balaban J connectivity index is 1.53. The third-order valence-corrected chi connectivity index (χ3v) is 4.63. The molecule has 0 saturated heterocycles. The van der Waals surface area contributed by atoms with Crippen LogP contribution >= 0.6 is 11.8 Å². The number of carbonyl (C=O) groups excluding carboxylic acids is 3. The first-order valence-electron chi connectivity index (χ1n) is 8.52. The number of nitrogens with zero attached hydrogens (tertiary/aromatic N) is 1. The van der Waals surface area contributed by atoms with Crippen LogP contribution in [0, 0.1) is 0 Å². The van der Waals surface area contributed by atoms with Crippen molar-refractivity contribution >= 4 is 46.2 Å². The molecule has 1 N–H and O–H groups in total. The minimum Gasteiger partial charge on any atom is -0.452 e. The minimum absolute atomic E-state index is 0.0471. The second-order valence-corrected chi connectivity index (χ2v) is 6.89. The number of ketones is 1. The number of thioether (sulfide) groups is 1. The van der Waals surface area contributed by atoms with Crippen molar-refractivity contribution in [3.63, 3.8) is 0 Å². The van der Waals surface area contributed by atoms with Crippen molar-refractivity contribution in [1.29, 1.82) is 0 Å². The summed E-state index contributed by atoms with van der Waals surface area (Å²) in [6.45, 7) is 2.88. The second kappa shape index (κ2) is 8.71. The maximum atomic E-state index is 12.3. The SMILES string of the molecule is CC(=O)c1ccccc1NC(=O)[C@H](C)OC(=O)CSc1nc2ccccc2o1. The van der Waals surface area contributed by atoms with E-state index in [-0.39, 0.29) is 11.5 Å². The molecule has 0 aliphatic rings. The van der Waals surface area contributed by atoms with E-state index in [1.165, 1.54) is 13.8 Å². The van der Waals surface area contributed by atoms with Gasteiger partial charge in [-0.15, -0.1) is 0 Å². The number of Topliss-reactive ketones (excluding diaryl/α,β-unsaturated/α-hetero) is 1. The summed E-state index contributed by atoms with van der Waals surface area (Å²) in [6.07, 6.45) is -1.02. The molecule has 1 atom stereocenters. The molecular formula is C20H18N2O5S. The van der Waals surface area contributed by atoms with Gasteiger partial charge < -0.3 is 14.5 Å². The van der Waals surface area contributed by atoms with Gasteiger partial charge in [0, 0.05) is 5.56 Å². The first kappa shape index (κ1) is 19.6. The smallest absolute Gasteiger partial charge is 0.317 e. The molecule has 0 spiro atoms. The first-order chi connectivity index (χ1) is 13.4. The van der Waals surface area contributed by atoms with E-state index in [0.717, 1.165) is 11.8 Å². The van der Waals surface area contributed by atoms with Gasteiger partial charge in [-0.1, -0.05) is 36.0 Å². The van der Waals surface area contributed by atoms with E-state index in [9.17, 15) is 14.4 Å². The van der Waals surface area contributed by atoms with Crippen molar-refractivity contribution in [2.75, 3.05) is 11.1 Å². The summed E-state index contributed by atoms with van der Waals surface area (Å²) in [5.41, 5.74) is 2.11. The Hall–Kier alpha value is -3.13. The molecular weight excluding hydrogens is 380 g/mol. The van der Waals surface area contributed by atoms with Gasteiger partial charge in [0.25, 0.3) is 11.1 Å². The van der Waals surface area contributed by atoms with E-state index in [1.54, 1.807) is 30.3 Å². The Morgan fingerprint density at radius 1 is 1.14 bits per heavy atom. The molecule has 0 unspecified atom stereocenters. The maximum Gasteiger partial charge on any atom is 0.317 e. The molecule has 0 aliphatic carbocycles. The first-order valence-corrected chi connectivity index (χ1v) is 9.51. The van der Waals surface area contributed by atoms with Gasteiger partial charge in [0.2, 0.25) is 0 Å². The van der Waals surface area contributed by atoms with E-state index in [0.29, 0.717) is 27.6 Å². The molecule has 0 saturated carbocycles. The van der Waals surface area contributed by atoms with Gasteiger partial charge in [-0.05, 0) is 38.1 Å². The number of hydrogen-bond donors (Lipinski definition) is 1. The Bertz CT molecular complexity index is 997. The number of hydrogen-bond acceptors (Lipinski definition) is 7. The molecule has 0 aliphatic heterocycles. The lowest BCUT2D eigenvalue weighted by Crippen LogP contribution is -2.31. The lowest BCUT2D eigenvalue weighted by molar-refractivity contribution is -0.150. The molecule has 1 heterocycles. The van der Waals surface area contributed by atoms with Gasteiger partial charge in [0.1, 0.15) is 11.3 Å². The molecule has 8 heteroatoms. The number of fused-ring (bicyclic) bond motifs is 1. The summed E-state index contributed by atoms with van der Waals surface area (Å²) >= 11 is 1.09. The third kappa shape index (κ3) is 4.77. The second-order valence-electron chi connectivity index (χ2n) is 5.96. The van der Waals surface area contributed by atoms with Gasteiger partial charge in [-0.2, -0.15) is 0 Å². The number of amides is 1. The molecule has 144 valence electrons. The zero-order valence-electron chi connectivity index (χ0n) is 15.3. The Kier molecular flexibility index (Phi) is 6.10. The normalized spacial score (nSPS) is 11.8. The highest BCUT2D eigenvalue weighted by molar-refractivity contribution is 7.99. The zero-order valence-corrected chi connectivity index (χ0v) is 16.1. The zero-order chi connectivity index (χ0) is 20.1. The van der Waals surface area contributed by atoms with Crippen LogP contribution in [0.25, 0.3) is 11.1 Å². The number of ether oxygens (including phenoxy) is 1. The number of oxazole rings is 1. The van der Waals surface area contributed by atoms with Crippen molar-refractivity contribution in [2.24, 2.45) is 0 Å². The molecule has 7 nitrogen and oxygen atoms in total. The van der Waals surface area contributed by atoms with Gasteiger partial charge in [-0.3, -0.25) is 14.4 Å². The van der Waals surface area contributed by atoms with Gasteiger partial charge >= 0.3 is 5.97 Å². The summed E-state index contributed by atoms with van der Waals surface area (Å²) in [4.78, 5) is 40.2. The van der Waals surface area contributed by atoms with Crippen LogP contribution in [-0.4, -0.2) is 34.5 Å². The number of benzene rings is 2. The molecule has 3 rings (SSSR count). The monoisotopic (exact) mass is 398 g/mol. The maximum absolute atomic E-state index is 12.3. The standard InChI is InChI=1S/C20H18N2O5S/c1-12(23)14-7-3-4-8-15(14)21-19(25)13(2)26-18(24)11-28-20-22-16-9-5-6-10-17(16)27-20/h3-10,13H,11H2,1-2H3,(H,21,25)/t13-/m0/s1. The Morgan fingerprint density at radius 2 is 1.86 bits per heavy atom. The molecule has 3 aromatic rings. The fourth-order valence-electron chi connectivity index (χ4n) is 2.45. The summed E-state index contributed by atoms with van der Waals surface area (Å²) in [7, 11) is 0. The lowest BCUT2D eigenvalue weighted by Gasteiger charge is -2.14. The average molecular weight is 398 g/mol. The molecule has 0 radical (unpaired) electrons. The van der Waals surface area contributed by atoms with Gasteiger partial charge in [-0.25, -0.2) is 4.98 Å². The van der Waals surface area contributed by atoms with Crippen LogP contribution in [-0.2, 0) is 14.3 Å². The van der Waals surface area contributed by atoms with Crippen molar-refractivity contribution in [2.45, 2.75) is 25.2 Å². The van der Waals surface area contributed by atoms with Crippen LogP contribution in [0.4, 0.5) is 5.69 Å². The number of esters is 1. The highest BCUT2D eigenvalue weighted by Crippen LogP contribution is 2.23. The number of rotatable bonds is 7. The summed E-state index contributed by atoms with van der Waals surface area (Å²) in [5.74, 6) is -1.31. The van der Waals surface area contributed by atoms with Crippen LogP contribution < -0.4 is 5.32 Å². The van der Waals surface area contributed by atoms with E-state index in [4.69, 9.17) is 9.15 Å². The molecule has 1 aromatic heterocycles. The van der Waals surface area contributed by atoms with Crippen molar-refractivity contribution < 1.29 is 23.5 Å². The third-order valence-electron chi connectivity index (χ3n) is 3.83.